The van der Waals surface area contributed by atoms with Crippen molar-refractivity contribution in [3.63, 3.8) is 0 Å². The Labute approximate surface area is 175 Å². The van der Waals surface area contributed by atoms with Crippen molar-refractivity contribution in [1.82, 2.24) is 19.9 Å². The Bertz CT molecular complexity index is 1120. The number of halogens is 3. The summed E-state index contributed by atoms with van der Waals surface area (Å²) in [6, 6.07) is 16.3. The van der Waals surface area contributed by atoms with Crippen LogP contribution in [-0.4, -0.2) is 37.2 Å². The number of imidazole rings is 1. The number of aromatic amines is 1. The van der Waals surface area contributed by atoms with Crippen LogP contribution in [0.2, 0.25) is 0 Å². The Morgan fingerprint density at radius 3 is 2.26 bits per heavy atom. The highest BCUT2D eigenvalue weighted by Gasteiger charge is 2.38. The maximum absolute atomic E-state index is 10.6. The normalized spacial score (nSPS) is 11.0. The van der Waals surface area contributed by atoms with Gasteiger partial charge in [-0.2, -0.15) is 13.2 Å². The van der Waals surface area contributed by atoms with Crippen LogP contribution in [0.3, 0.4) is 0 Å². The van der Waals surface area contributed by atoms with Gasteiger partial charge in [0, 0.05) is 35.8 Å². The van der Waals surface area contributed by atoms with Gasteiger partial charge in [0.2, 0.25) is 0 Å². The van der Waals surface area contributed by atoms with Crippen molar-refractivity contribution < 1.29 is 23.1 Å². The first-order valence-electron chi connectivity index (χ1n) is 9.09. The molecule has 0 amide bonds. The van der Waals surface area contributed by atoms with E-state index in [2.05, 4.69) is 49.5 Å². The Morgan fingerprint density at radius 2 is 1.68 bits per heavy atom. The molecule has 2 aromatic carbocycles. The first kappa shape index (κ1) is 21.8. The van der Waals surface area contributed by atoms with E-state index >= 15 is 0 Å². The molecule has 0 spiro atoms. The minimum absolute atomic E-state index is 0.699. The summed E-state index contributed by atoms with van der Waals surface area (Å²) in [6.07, 6.45) is -1.39. The lowest BCUT2D eigenvalue weighted by Crippen LogP contribution is -2.21. The summed E-state index contributed by atoms with van der Waals surface area (Å²) in [5.41, 5.74) is 5.20. The fourth-order valence-electron chi connectivity index (χ4n) is 2.55. The summed E-state index contributed by atoms with van der Waals surface area (Å²) < 4.78 is 31.7. The Hall–Kier alpha value is -3.95. The molecule has 0 aliphatic heterocycles. The van der Waals surface area contributed by atoms with E-state index in [9.17, 15) is 13.2 Å². The SMILES string of the molecule is Cc1ncc(CNc2ccc(-c3nc4ccccc4[nH]3)cc2)cn1.O=C(O)C(F)(F)F. The number of aryl methyl sites for hydroxylation is 1. The predicted molar refractivity (Wildman–Crippen MR) is 109 cm³/mol. The highest BCUT2D eigenvalue weighted by molar-refractivity contribution is 5.79. The van der Waals surface area contributed by atoms with E-state index in [1.165, 1.54) is 0 Å². The van der Waals surface area contributed by atoms with E-state index in [0.717, 1.165) is 39.5 Å². The van der Waals surface area contributed by atoms with E-state index in [-0.39, 0.29) is 0 Å². The number of carboxylic acids is 1. The van der Waals surface area contributed by atoms with Crippen molar-refractivity contribution >= 4 is 22.7 Å². The first-order chi connectivity index (χ1) is 14.7. The van der Waals surface area contributed by atoms with E-state index in [4.69, 9.17) is 9.90 Å². The van der Waals surface area contributed by atoms with Crippen LogP contribution in [0.1, 0.15) is 11.4 Å². The average Bonchev–Trinajstić information content (AvgIpc) is 3.18. The second-order valence-corrected chi connectivity index (χ2v) is 6.47. The molecule has 0 aliphatic rings. The standard InChI is InChI=1S/C19H17N5.C2HF3O2/c1-13-20-10-14(11-21-13)12-22-16-8-6-15(7-9-16)19-23-17-4-2-3-5-18(17)24-19;3-2(4,5)1(6)7/h2-11,22H,12H2,1H3,(H,23,24);(H,6,7). The molecule has 0 aliphatic carbocycles. The second kappa shape index (κ2) is 9.24. The van der Waals surface area contributed by atoms with Crippen LogP contribution in [0.25, 0.3) is 22.4 Å². The molecule has 4 rings (SSSR count). The number of H-pyrrole nitrogens is 1. The van der Waals surface area contributed by atoms with Gasteiger partial charge in [-0.15, -0.1) is 0 Å². The number of nitrogens with zero attached hydrogens (tertiary/aromatic N) is 3. The van der Waals surface area contributed by atoms with Crippen molar-refractivity contribution in [3.05, 3.63) is 72.3 Å². The van der Waals surface area contributed by atoms with Gasteiger partial charge in [-0.3, -0.25) is 0 Å². The highest BCUT2D eigenvalue weighted by Crippen LogP contribution is 2.22. The van der Waals surface area contributed by atoms with E-state index < -0.39 is 12.1 Å². The Morgan fingerprint density at radius 1 is 1.06 bits per heavy atom. The number of alkyl halides is 3. The summed E-state index contributed by atoms with van der Waals surface area (Å²) in [5.74, 6) is -1.09. The van der Waals surface area contributed by atoms with Crippen LogP contribution in [0, 0.1) is 6.92 Å². The molecule has 0 saturated heterocycles. The molecule has 3 N–H and O–H groups in total. The quantitative estimate of drug-likeness (QED) is 0.439. The lowest BCUT2D eigenvalue weighted by molar-refractivity contribution is -0.192. The molecule has 160 valence electrons. The molecule has 31 heavy (non-hydrogen) atoms. The van der Waals surface area contributed by atoms with Gasteiger partial charge >= 0.3 is 12.1 Å². The molecule has 2 heterocycles. The summed E-state index contributed by atoms with van der Waals surface area (Å²) in [6.45, 7) is 2.58. The van der Waals surface area contributed by atoms with E-state index in [1.54, 1.807) is 0 Å². The number of anilines is 1. The number of nitrogens with one attached hydrogen (secondary N) is 2. The summed E-state index contributed by atoms with van der Waals surface area (Å²) in [5, 5.41) is 10.5. The minimum atomic E-state index is -5.08. The van der Waals surface area contributed by atoms with Crippen LogP contribution < -0.4 is 5.32 Å². The van der Waals surface area contributed by atoms with Gasteiger partial charge in [0.1, 0.15) is 11.6 Å². The van der Waals surface area contributed by atoms with Crippen molar-refractivity contribution in [2.24, 2.45) is 0 Å². The van der Waals surface area contributed by atoms with Crippen LogP contribution in [0.5, 0.6) is 0 Å². The van der Waals surface area contributed by atoms with Gasteiger partial charge in [-0.25, -0.2) is 19.7 Å². The lowest BCUT2D eigenvalue weighted by atomic mass is 10.2. The lowest BCUT2D eigenvalue weighted by Gasteiger charge is -2.07. The molecule has 0 saturated carbocycles. The van der Waals surface area contributed by atoms with Gasteiger partial charge < -0.3 is 15.4 Å². The van der Waals surface area contributed by atoms with E-state index in [0.29, 0.717) is 6.54 Å². The monoisotopic (exact) mass is 429 g/mol. The highest BCUT2D eigenvalue weighted by atomic mass is 19.4. The van der Waals surface area contributed by atoms with Gasteiger partial charge in [-0.05, 0) is 43.3 Å². The van der Waals surface area contributed by atoms with Gasteiger partial charge in [0.15, 0.2) is 0 Å². The molecule has 0 unspecified atom stereocenters. The molecule has 0 bridgehead atoms. The summed E-state index contributed by atoms with van der Waals surface area (Å²) in [4.78, 5) is 25.3. The van der Waals surface area contributed by atoms with Crippen LogP contribution in [0.15, 0.2) is 60.9 Å². The minimum Gasteiger partial charge on any atom is -0.475 e. The third-order valence-corrected chi connectivity index (χ3v) is 4.12. The molecule has 0 radical (unpaired) electrons. The zero-order chi connectivity index (χ0) is 22.4. The Kier molecular flexibility index (Phi) is 6.49. The smallest absolute Gasteiger partial charge is 0.475 e. The van der Waals surface area contributed by atoms with E-state index in [1.807, 2.05) is 43.6 Å². The van der Waals surface area contributed by atoms with Gasteiger partial charge in [-0.1, -0.05) is 12.1 Å². The number of hydrogen-bond donors (Lipinski definition) is 3. The topological polar surface area (TPSA) is 104 Å². The number of aliphatic carboxylic acids is 1. The number of benzene rings is 2. The van der Waals surface area contributed by atoms with Crippen molar-refractivity contribution in [1.29, 1.82) is 0 Å². The average molecular weight is 429 g/mol. The second-order valence-electron chi connectivity index (χ2n) is 6.47. The number of fused-ring (bicyclic) bond motifs is 1. The molecule has 0 atom stereocenters. The summed E-state index contributed by atoms with van der Waals surface area (Å²) in [7, 11) is 0. The largest absolute Gasteiger partial charge is 0.490 e. The molecular formula is C21H18F3N5O2. The van der Waals surface area contributed by atoms with Crippen LogP contribution in [-0.2, 0) is 11.3 Å². The predicted octanol–water partition coefficient (Wildman–Crippen LogP) is 4.57. The number of para-hydroxylation sites is 2. The molecule has 10 heteroatoms. The molecular weight excluding hydrogens is 411 g/mol. The molecule has 2 aromatic heterocycles. The number of hydrogen-bond acceptors (Lipinski definition) is 5. The fourth-order valence-corrected chi connectivity index (χ4v) is 2.55. The zero-order valence-corrected chi connectivity index (χ0v) is 16.3. The zero-order valence-electron chi connectivity index (χ0n) is 16.3. The molecule has 0 fully saturated rings. The van der Waals surface area contributed by atoms with Gasteiger partial charge in [0.25, 0.3) is 0 Å². The van der Waals surface area contributed by atoms with Crippen LogP contribution >= 0.6 is 0 Å². The Balaban J connectivity index is 0.000000339. The number of rotatable bonds is 4. The van der Waals surface area contributed by atoms with Crippen LogP contribution in [0.4, 0.5) is 18.9 Å². The number of carboxylic acid groups (broad SMARTS) is 1. The third kappa shape index (κ3) is 6.01. The molecule has 4 aromatic rings. The fraction of sp³-hybridized carbons (Fsp3) is 0.143. The van der Waals surface area contributed by atoms with Crippen molar-refractivity contribution in [3.8, 4) is 11.4 Å². The first-order valence-corrected chi connectivity index (χ1v) is 9.09. The summed E-state index contributed by atoms with van der Waals surface area (Å²) >= 11 is 0. The maximum Gasteiger partial charge on any atom is 0.490 e. The van der Waals surface area contributed by atoms with Crippen molar-refractivity contribution in [2.45, 2.75) is 19.6 Å². The molecule has 7 nitrogen and oxygen atoms in total. The number of carbonyl (C=O) groups is 1. The maximum atomic E-state index is 10.6. The third-order valence-electron chi connectivity index (χ3n) is 4.12. The number of aromatic nitrogens is 4. The van der Waals surface area contributed by atoms with Crippen molar-refractivity contribution in [2.75, 3.05) is 5.32 Å². The van der Waals surface area contributed by atoms with Gasteiger partial charge in [0.05, 0.1) is 11.0 Å².